The van der Waals surface area contributed by atoms with Gasteiger partial charge in [0.25, 0.3) is 0 Å². The molecular weight excluding hydrogens is 160 g/mol. The molecule has 1 heterocycles. The van der Waals surface area contributed by atoms with Crippen molar-refractivity contribution in [3.63, 3.8) is 0 Å². The number of hydrogen-bond acceptors (Lipinski definition) is 3. The average molecular weight is 170 g/mol. The summed E-state index contributed by atoms with van der Waals surface area (Å²) in [6.45, 7) is 2.21. The molecule has 1 rings (SSSR count). The van der Waals surface area contributed by atoms with Gasteiger partial charge in [0.2, 0.25) is 0 Å². The summed E-state index contributed by atoms with van der Waals surface area (Å²) in [6, 6.07) is -0.418. The fourth-order valence-corrected chi connectivity index (χ4v) is 0.614. The fraction of sp³-hybridized carbons (Fsp3) is 0.333. The summed E-state index contributed by atoms with van der Waals surface area (Å²) in [7, 11) is 0. The predicted octanol–water partition coefficient (Wildman–Crippen LogP) is 0.483. The van der Waals surface area contributed by atoms with Crippen LogP contribution in [0, 0.1) is 0 Å². The Kier molecular flexibility index (Phi) is 3.09. The molecule has 0 radical (unpaired) electrons. The van der Waals surface area contributed by atoms with Crippen LogP contribution in [0.5, 0.6) is 0 Å². The first-order valence-electron chi connectivity index (χ1n) is 3.50. The van der Waals surface area contributed by atoms with Crippen LogP contribution in [0.15, 0.2) is 12.4 Å². The van der Waals surface area contributed by atoms with Crippen LogP contribution in [0.1, 0.15) is 6.92 Å². The van der Waals surface area contributed by atoms with Gasteiger partial charge >= 0.3 is 6.03 Å². The first-order chi connectivity index (χ1) is 5.83. The number of nitrogens with one attached hydrogen (secondary N) is 3. The van der Waals surface area contributed by atoms with Crippen LogP contribution >= 0.6 is 0 Å². The number of carbonyl (C=O) groups excluding carboxylic acids is 1. The van der Waals surface area contributed by atoms with Crippen LogP contribution in [0.2, 0.25) is 0 Å². The quantitative estimate of drug-likeness (QED) is 0.577. The highest BCUT2D eigenvalue weighted by molar-refractivity contribution is 5.87. The summed E-state index contributed by atoms with van der Waals surface area (Å²) in [5, 5.41) is 8.69. The topological polar surface area (TPSA) is 79.0 Å². The first kappa shape index (κ1) is 8.54. The molecule has 6 nitrogen and oxygen atoms in total. The number of rotatable bonds is 3. The van der Waals surface area contributed by atoms with E-state index in [9.17, 15) is 4.79 Å². The van der Waals surface area contributed by atoms with Gasteiger partial charge in [-0.05, 0) is 6.92 Å². The molecule has 0 aliphatic heterocycles. The molecule has 0 atom stereocenters. The van der Waals surface area contributed by atoms with Crippen molar-refractivity contribution < 1.29 is 9.63 Å². The lowest BCUT2D eigenvalue weighted by molar-refractivity contribution is 0.0758. The summed E-state index contributed by atoms with van der Waals surface area (Å²) >= 11 is 0. The molecule has 6 heteroatoms. The van der Waals surface area contributed by atoms with Crippen LogP contribution in [-0.2, 0) is 4.84 Å². The lowest BCUT2D eigenvalue weighted by Crippen LogP contribution is -2.28. The molecule has 0 spiro atoms. The van der Waals surface area contributed by atoms with Gasteiger partial charge in [0.15, 0.2) is 0 Å². The smallest absolute Gasteiger partial charge is 0.303 e. The van der Waals surface area contributed by atoms with E-state index in [1.807, 2.05) is 0 Å². The molecule has 0 saturated carbocycles. The molecule has 0 aliphatic carbocycles. The zero-order chi connectivity index (χ0) is 8.81. The molecule has 12 heavy (non-hydrogen) atoms. The Balaban J connectivity index is 2.27. The zero-order valence-electron chi connectivity index (χ0n) is 6.63. The molecule has 1 aromatic rings. The van der Waals surface area contributed by atoms with Crippen molar-refractivity contribution in [1.82, 2.24) is 15.7 Å². The molecule has 0 aromatic carbocycles. The number of hydroxylamine groups is 1. The third kappa shape index (κ3) is 2.59. The molecule has 1 aromatic heterocycles. The van der Waals surface area contributed by atoms with Crippen molar-refractivity contribution in [2.45, 2.75) is 6.92 Å². The van der Waals surface area contributed by atoms with Gasteiger partial charge in [0, 0.05) is 6.20 Å². The van der Waals surface area contributed by atoms with Crippen molar-refractivity contribution in [2.24, 2.45) is 0 Å². The van der Waals surface area contributed by atoms with Gasteiger partial charge in [-0.1, -0.05) is 0 Å². The Morgan fingerprint density at radius 1 is 1.83 bits per heavy atom. The van der Waals surface area contributed by atoms with E-state index in [1.54, 1.807) is 13.1 Å². The fourth-order valence-electron chi connectivity index (χ4n) is 0.614. The zero-order valence-corrected chi connectivity index (χ0v) is 6.63. The minimum Gasteiger partial charge on any atom is -0.303 e. The van der Waals surface area contributed by atoms with Gasteiger partial charge in [0.1, 0.15) is 0 Å². The summed E-state index contributed by atoms with van der Waals surface area (Å²) in [6.07, 6.45) is 3.05. The van der Waals surface area contributed by atoms with Gasteiger partial charge in [-0.25, -0.2) is 10.3 Å². The van der Waals surface area contributed by atoms with Crippen LogP contribution in [-0.4, -0.2) is 22.8 Å². The number of aromatic nitrogens is 2. The van der Waals surface area contributed by atoms with E-state index in [2.05, 4.69) is 25.8 Å². The number of urea groups is 1. The molecule has 2 amide bonds. The van der Waals surface area contributed by atoms with Gasteiger partial charge in [-0.15, -0.1) is 0 Å². The number of nitrogens with zero attached hydrogens (tertiary/aromatic N) is 1. The third-order valence-electron chi connectivity index (χ3n) is 1.07. The summed E-state index contributed by atoms with van der Waals surface area (Å²) in [5.41, 5.74) is 2.77. The van der Waals surface area contributed by atoms with Crippen LogP contribution in [0.3, 0.4) is 0 Å². The molecule has 0 aliphatic rings. The van der Waals surface area contributed by atoms with Crippen LogP contribution < -0.4 is 10.8 Å². The summed E-state index contributed by atoms with van der Waals surface area (Å²) in [5.74, 6) is 0. The lowest BCUT2D eigenvalue weighted by Gasteiger charge is -2.02. The van der Waals surface area contributed by atoms with Crippen LogP contribution in [0.25, 0.3) is 0 Å². The Morgan fingerprint density at radius 2 is 2.67 bits per heavy atom. The number of hydrogen-bond donors (Lipinski definition) is 3. The standard InChI is InChI=1S/C6H10N4O2/c1-2-12-10-6(11)9-5-3-7-8-4-5/h3-4H,2H2,1H3,(H,7,8)(H2,9,10,11). The van der Waals surface area contributed by atoms with Crippen molar-refractivity contribution >= 4 is 11.7 Å². The van der Waals surface area contributed by atoms with Crippen molar-refractivity contribution in [3.8, 4) is 0 Å². The highest BCUT2D eigenvalue weighted by Gasteiger charge is 1.99. The van der Waals surface area contributed by atoms with E-state index in [-0.39, 0.29) is 0 Å². The molecule has 66 valence electrons. The maximum atomic E-state index is 10.9. The molecule has 0 bridgehead atoms. The minimum atomic E-state index is -0.418. The SMILES string of the molecule is CCONC(=O)Nc1cn[nH]c1. The second kappa shape index (κ2) is 4.35. The number of amides is 2. The van der Waals surface area contributed by atoms with Crippen LogP contribution in [0.4, 0.5) is 10.5 Å². The Labute approximate surface area is 69.3 Å². The molecule has 0 fully saturated rings. The number of anilines is 1. The number of H-pyrrole nitrogens is 1. The van der Waals surface area contributed by atoms with E-state index < -0.39 is 6.03 Å². The molecule has 0 saturated heterocycles. The maximum Gasteiger partial charge on any atom is 0.343 e. The van der Waals surface area contributed by atoms with Crippen molar-refractivity contribution in [2.75, 3.05) is 11.9 Å². The summed E-state index contributed by atoms with van der Waals surface area (Å²) in [4.78, 5) is 15.5. The lowest BCUT2D eigenvalue weighted by atomic mass is 10.6. The van der Waals surface area contributed by atoms with E-state index in [4.69, 9.17) is 0 Å². The van der Waals surface area contributed by atoms with Crippen molar-refractivity contribution in [1.29, 1.82) is 0 Å². The van der Waals surface area contributed by atoms with Gasteiger partial charge in [-0.2, -0.15) is 5.10 Å². The summed E-state index contributed by atoms with van der Waals surface area (Å²) < 4.78 is 0. The van der Waals surface area contributed by atoms with E-state index in [0.29, 0.717) is 12.3 Å². The Bertz CT molecular complexity index is 234. The second-order valence-electron chi connectivity index (χ2n) is 1.98. The molecule has 0 unspecified atom stereocenters. The highest BCUT2D eigenvalue weighted by Crippen LogP contribution is 1.99. The Hall–Kier alpha value is -1.56. The third-order valence-corrected chi connectivity index (χ3v) is 1.07. The second-order valence-corrected chi connectivity index (χ2v) is 1.98. The van der Waals surface area contributed by atoms with E-state index >= 15 is 0 Å². The molecular formula is C6H10N4O2. The largest absolute Gasteiger partial charge is 0.343 e. The van der Waals surface area contributed by atoms with Gasteiger partial charge < -0.3 is 5.32 Å². The number of carbonyl (C=O) groups is 1. The predicted molar refractivity (Wildman–Crippen MR) is 42.4 cm³/mol. The van der Waals surface area contributed by atoms with E-state index in [1.165, 1.54) is 6.20 Å². The van der Waals surface area contributed by atoms with Crippen molar-refractivity contribution in [3.05, 3.63) is 12.4 Å². The average Bonchev–Trinajstić information content (AvgIpc) is 2.53. The van der Waals surface area contributed by atoms with Gasteiger partial charge in [0.05, 0.1) is 18.5 Å². The highest BCUT2D eigenvalue weighted by atomic mass is 16.7. The normalized spacial score (nSPS) is 9.42. The number of aromatic amines is 1. The molecule has 3 N–H and O–H groups in total. The van der Waals surface area contributed by atoms with E-state index in [0.717, 1.165) is 0 Å². The Morgan fingerprint density at radius 3 is 3.25 bits per heavy atom. The monoisotopic (exact) mass is 170 g/mol. The minimum absolute atomic E-state index is 0.418. The van der Waals surface area contributed by atoms with Gasteiger partial charge in [-0.3, -0.25) is 9.94 Å². The maximum absolute atomic E-state index is 10.9. The first-order valence-corrected chi connectivity index (χ1v) is 3.50.